The summed E-state index contributed by atoms with van der Waals surface area (Å²) < 4.78 is 36.5. The van der Waals surface area contributed by atoms with Crippen molar-refractivity contribution in [1.82, 2.24) is 0 Å². The number of nitrogens with two attached hydrogens (primary N) is 1. The van der Waals surface area contributed by atoms with Crippen molar-refractivity contribution < 1.29 is 37.4 Å². The molecule has 29 heavy (non-hydrogen) atoms. The first kappa shape index (κ1) is 24.2. The van der Waals surface area contributed by atoms with E-state index in [4.69, 9.17) is 20.4 Å². The van der Waals surface area contributed by atoms with Crippen molar-refractivity contribution in [1.29, 1.82) is 0 Å². The molecule has 0 aliphatic heterocycles. The monoisotopic (exact) mass is 416 g/mol. The average Bonchev–Trinajstić information content (AvgIpc) is 3.09. The molecule has 0 heterocycles. The molecule has 1 amide bonds. The molecule has 0 saturated heterocycles. The second kappa shape index (κ2) is 10.6. The number of hydrogen-bond acceptors (Lipinski definition) is 5. The van der Waals surface area contributed by atoms with Gasteiger partial charge in [-0.25, -0.2) is 9.59 Å². The van der Waals surface area contributed by atoms with Gasteiger partial charge in [-0.05, 0) is 43.5 Å². The number of carbonyl (C=O) groups is 3. The Kier molecular flexibility index (Phi) is 8.84. The standard InChI is InChI=1S/C17H22N2O3.C2HF3O2/c1-2-22-15(20)10-7-13-5-8-14(9-6-13)19-16(21)17(18)11-3-4-12-17;3-2(4,5)1(6)7/h5-10H,2-4,11-12,18H2,1H3,(H,19,21);(H,6,7)/b10-7+;. The number of ether oxygens (including phenoxy) is 1. The molecule has 0 spiro atoms. The molecule has 1 aliphatic rings. The van der Waals surface area contributed by atoms with Crippen LogP contribution in [0, 0.1) is 0 Å². The number of carboxylic acid groups (broad SMARTS) is 1. The van der Waals surface area contributed by atoms with Gasteiger partial charge in [0, 0.05) is 11.8 Å². The van der Waals surface area contributed by atoms with Crippen LogP contribution in [0.2, 0.25) is 0 Å². The van der Waals surface area contributed by atoms with Gasteiger partial charge in [-0.2, -0.15) is 13.2 Å². The van der Waals surface area contributed by atoms with Crippen molar-refractivity contribution in [3.05, 3.63) is 35.9 Å². The Morgan fingerprint density at radius 3 is 2.17 bits per heavy atom. The highest BCUT2D eigenvalue weighted by Crippen LogP contribution is 2.28. The predicted molar refractivity (Wildman–Crippen MR) is 99.8 cm³/mol. The predicted octanol–water partition coefficient (Wildman–Crippen LogP) is 3.11. The van der Waals surface area contributed by atoms with Crippen LogP contribution < -0.4 is 11.1 Å². The lowest BCUT2D eigenvalue weighted by Crippen LogP contribution is -2.48. The number of amides is 1. The molecular formula is C19H23F3N2O5. The van der Waals surface area contributed by atoms with E-state index in [1.165, 1.54) is 6.08 Å². The lowest BCUT2D eigenvalue weighted by atomic mass is 9.98. The Balaban J connectivity index is 0.000000516. The van der Waals surface area contributed by atoms with Gasteiger partial charge in [0.1, 0.15) is 0 Å². The zero-order valence-electron chi connectivity index (χ0n) is 15.8. The lowest BCUT2D eigenvalue weighted by molar-refractivity contribution is -0.192. The Labute approximate surface area is 165 Å². The van der Waals surface area contributed by atoms with E-state index in [0.717, 1.165) is 31.2 Å². The molecule has 1 aromatic carbocycles. The van der Waals surface area contributed by atoms with Gasteiger partial charge < -0.3 is 20.9 Å². The van der Waals surface area contributed by atoms with Gasteiger partial charge in [-0.3, -0.25) is 4.79 Å². The molecule has 1 fully saturated rings. The summed E-state index contributed by atoms with van der Waals surface area (Å²) in [6, 6.07) is 7.23. The Hall–Kier alpha value is -2.88. The normalized spacial score (nSPS) is 15.3. The molecule has 0 radical (unpaired) electrons. The number of alkyl halides is 3. The molecular weight excluding hydrogens is 393 g/mol. The highest BCUT2D eigenvalue weighted by atomic mass is 19.4. The summed E-state index contributed by atoms with van der Waals surface area (Å²) in [5, 5.41) is 9.98. The van der Waals surface area contributed by atoms with Crippen LogP contribution in [0.1, 0.15) is 38.2 Å². The van der Waals surface area contributed by atoms with Crippen molar-refractivity contribution >= 4 is 29.6 Å². The van der Waals surface area contributed by atoms with Crippen LogP contribution in [0.3, 0.4) is 0 Å². The van der Waals surface area contributed by atoms with Crippen LogP contribution in [0.25, 0.3) is 6.08 Å². The summed E-state index contributed by atoms with van der Waals surface area (Å²) in [5.74, 6) is -3.25. The minimum absolute atomic E-state index is 0.125. The summed E-state index contributed by atoms with van der Waals surface area (Å²) in [5.41, 5.74) is 6.94. The first-order valence-corrected chi connectivity index (χ1v) is 8.83. The van der Waals surface area contributed by atoms with E-state index in [1.54, 1.807) is 25.1 Å². The van der Waals surface area contributed by atoms with Crippen LogP contribution in [0.4, 0.5) is 18.9 Å². The van der Waals surface area contributed by atoms with Crippen LogP contribution in [-0.4, -0.2) is 41.3 Å². The zero-order valence-corrected chi connectivity index (χ0v) is 15.8. The molecule has 0 aromatic heterocycles. The summed E-state index contributed by atoms with van der Waals surface area (Å²) >= 11 is 0. The number of carbonyl (C=O) groups excluding carboxylic acids is 2. The van der Waals surface area contributed by atoms with Crippen LogP contribution in [0.5, 0.6) is 0 Å². The van der Waals surface area contributed by atoms with Gasteiger partial charge in [0.05, 0.1) is 12.1 Å². The van der Waals surface area contributed by atoms with Gasteiger partial charge in [-0.15, -0.1) is 0 Å². The number of carboxylic acids is 1. The number of anilines is 1. The van der Waals surface area contributed by atoms with Crippen molar-refractivity contribution in [3.63, 3.8) is 0 Å². The first-order valence-electron chi connectivity index (χ1n) is 8.83. The number of nitrogens with one attached hydrogen (secondary N) is 1. The first-order chi connectivity index (χ1) is 13.5. The van der Waals surface area contributed by atoms with E-state index in [-0.39, 0.29) is 11.9 Å². The fourth-order valence-electron chi connectivity index (χ4n) is 2.52. The third kappa shape index (κ3) is 8.34. The molecule has 1 aromatic rings. The number of halogens is 3. The van der Waals surface area contributed by atoms with Gasteiger partial charge >= 0.3 is 18.1 Å². The molecule has 0 unspecified atom stereocenters. The van der Waals surface area contributed by atoms with E-state index >= 15 is 0 Å². The zero-order chi connectivity index (χ0) is 22.1. The molecule has 0 bridgehead atoms. The minimum atomic E-state index is -5.08. The van der Waals surface area contributed by atoms with Crippen LogP contribution >= 0.6 is 0 Å². The topological polar surface area (TPSA) is 119 Å². The van der Waals surface area contributed by atoms with Gasteiger partial charge in [0.2, 0.25) is 5.91 Å². The Bertz CT molecular complexity index is 739. The maximum atomic E-state index is 12.2. The number of esters is 1. The summed E-state index contributed by atoms with van der Waals surface area (Å²) in [6.07, 6.45) is 1.44. The maximum Gasteiger partial charge on any atom is 0.490 e. The summed E-state index contributed by atoms with van der Waals surface area (Å²) in [6.45, 7) is 2.12. The van der Waals surface area contributed by atoms with E-state index in [2.05, 4.69) is 5.32 Å². The average molecular weight is 416 g/mol. The van der Waals surface area contributed by atoms with Crippen LogP contribution in [0.15, 0.2) is 30.3 Å². The molecule has 1 aliphatic carbocycles. The van der Waals surface area contributed by atoms with Crippen molar-refractivity contribution in [3.8, 4) is 0 Å². The SMILES string of the molecule is CCOC(=O)/C=C/c1ccc(NC(=O)C2(N)CCCC2)cc1.O=C(O)C(F)(F)F. The van der Waals surface area contributed by atoms with Crippen molar-refractivity contribution in [2.45, 2.75) is 44.3 Å². The molecule has 10 heteroatoms. The Morgan fingerprint density at radius 2 is 1.72 bits per heavy atom. The maximum absolute atomic E-state index is 12.2. The molecule has 160 valence electrons. The van der Waals surface area contributed by atoms with Gasteiger partial charge in [0.25, 0.3) is 0 Å². The number of benzene rings is 1. The highest BCUT2D eigenvalue weighted by Gasteiger charge is 2.38. The quantitative estimate of drug-likeness (QED) is 0.501. The van der Waals surface area contributed by atoms with Crippen LogP contribution in [-0.2, 0) is 19.1 Å². The number of aliphatic carboxylic acids is 1. The smallest absolute Gasteiger partial charge is 0.475 e. The largest absolute Gasteiger partial charge is 0.490 e. The lowest BCUT2D eigenvalue weighted by Gasteiger charge is -2.22. The van der Waals surface area contributed by atoms with E-state index in [1.807, 2.05) is 12.1 Å². The number of hydrogen-bond donors (Lipinski definition) is 3. The fourth-order valence-corrected chi connectivity index (χ4v) is 2.52. The van der Waals surface area contributed by atoms with Gasteiger partial charge in [0.15, 0.2) is 0 Å². The molecule has 2 rings (SSSR count). The minimum Gasteiger partial charge on any atom is -0.475 e. The highest BCUT2D eigenvalue weighted by molar-refractivity contribution is 5.98. The van der Waals surface area contributed by atoms with Crippen molar-refractivity contribution in [2.75, 3.05) is 11.9 Å². The molecule has 0 atom stereocenters. The van der Waals surface area contributed by atoms with E-state index in [9.17, 15) is 22.8 Å². The fraction of sp³-hybridized carbons (Fsp3) is 0.421. The Morgan fingerprint density at radius 1 is 1.21 bits per heavy atom. The second-order valence-corrected chi connectivity index (χ2v) is 6.33. The molecule has 1 saturated carbocycles. The van der Waals surface area contributed by atoms with E-state index < -0.39 is 17.7 Å². The third-order valence-electron chi connectivity index (χ3n) is 4.06. The number of rotatable bonds is 5. The molecule has 7 nitrogen and oxygen atoms in total. The summed E-state index contributed by atoms with van der Waals surface area (Å²) in [4.78, 5) is 32.3. The van der Waals surface area contributed by atoms with Gasteiger partial charge in [-0.1, -0.05) is 25.0 Å². The van der Waals surface area contributed by atoms with Crippen molar-refractivity contribution in [2.24, 2.45) is 5.73 Å². The van der Waals surface area contributed by atoms with E-state index in [0.29, 0.717) is 12.3 Å². The summed E-state index contributed by atoms with van der Waals surface area (Å²) in [7, 11) is 0. The third-order valence-corrected chi connectivity index (χ3v) is 4.06. The second-order valence-electron chi connectivity index (χ2n) is 6.33. The molecule has 4 N–H and O–H groups in total.